The van der Waals surface area contributed by atoms with Crippen LogP contribution in [0.2, 0.25) is 0 Å². The Hall–Kier alpha value is -1.80. The highest BCUT2D eigenvalue weighted by Gasteiger charge is 2.15. The zero-order valence-corrected chi connectivity index (χ0v) is 9.89. The van der Waals surface area contributed by atoms with E-state index in [-0.39, 0.29) is 12.5 Å². The van der Waals surface area contributed by atoms with Crippen LogP contribution >= 0.6 is 11.3 Å². The number of aliphatic hydroxyl groups is 1. The Labute approximate surface area is 101 Å². The average Bonchev–Trinajstić information content (AvgIpc) is 2.94. The number of carbonyl (C=O) groups is 1. The molecule has 1 unspecified atom stereocenters. The molecular weight excluding hydrogens is 242 g/mol. The van der Waals surface area contributed by atoms with Gasteiger partial charge in [0.1, 0.15) is 11.2 Å². The molecule has 90 valence electrons. The molecular formula is C9H11N5O2S. The Bertz CT molecular complexity index is 493. The number of hydrogen-bond donors (Lipinski definition) is 2. The predicted octanol–water partition coefficient (Wildman–Crippen LogP) is -0.166. The first-order chi connectivity index (χ1) is 8.18. The van der Waals surface area contributed by atoms with E-state index < -0.39 is 6.10 Å². The first-order valence-electron chi connectivity index (χ1n) is 4.95. The van der Waals surface area contributed by atoms with E-state index in [9.17, 15) is 4.79 Å². The number of nitrogens with zero attached hydrogens (tertiary/aromatic N) is 4. The van der Waals surface area contributed by atoms with E-state index in [4.69, 9.17) is 5.11 Å². The molecule has 0 aliphatic carbocycles. The van der Waals surface area contributed by atoms with Crippen molar-refractivity contribution in [2.24, 2.45) is 0 Å². The van der Waals surface area contributed by atoms with Gasteiger partial charge in [-0.15, -0.1) is 16.4 Å². The van der Waals surface area contributed by atoms with Gasteiger partial charge in [0.25, 0.3) is 5.91 Å². The molecule has 0 saturated heterocycles. The maximum absolute atomic E-state index is 11.8. The van der Waals surface area contributed by atoms with Gasteiger partial charge in [0.15, 0.2) is 0 Å². The number of aromatic nitrogens is 4. The first-order valence-corrected chi connectivity index (χ1v) is 5.83. The summed E-state index contributed by atoms with van der Waals surface area (Å²) in [4.78, 5) is 12.3. The third-order valence-corrected chi connectivity index (χ3v) is 2.91. The van der Waals surface area contributed by atoms with Gasteiger partial charge in [0.05, 0.1) is 11.8 Å². The quantitative estimate of drug-likeness (QED) is 0.789. The van der Waals surface area contributed by atoms with E-state index in [1.165, 1.54) is 22.3 Å². The number of carbonyl (C=O) groups excluding carboxylic acids is 1. The second kappa shape index (κ2) is 5.02. The van der Waals surface area contributed by atoms with Crippen molar-refractivity contribution in [3.05, 3.63) is 22.7 Å². The highest BCUT2D eigenvalue weighted by molar-refractivity contribution is 7.12. The van der Waals surface area contributed by atoms with Crippen LogP contribution < -0.4 is 5.32 Å². The number of tetrazole rings is 1. The van der Waals surface area contributed by atoms with E-state index in [0.29, 0.717) is 10.6 Å². The zero-order chi connectivity index (χ0) is 12.3. The molecule has 0 spiro atoms. The van der Waals surface area contributed by atoms with E-state index >= 15 is 0 Å². The summed E-state index contributed by atoms with van der Waals surface area (Å²) in [5.74, 6) is -0.244. The van der Waals surface area contributed by atoms with Gasteiger partial charge in [0.2, 0.25) is 0 Å². The van der Waals surface area contributed by atoms with Crippen LogP contribution in [0, 0.1) is 0 Å². The molecule has 2 N–H and O–H groups in total. The van der Waals surface area contributed by atoms with Crippen molar-refractivity contribution in [1.29, 1.82) is 0 Å². The molecule has 2 heterocycles. The summed E-state index contributed by atoms with van der Waals surface area (Å²) in [6.45, 7) is 1.82. The summed E-state index contributed by atoms with van der Waals surface area (Å²) in [5, 5.41) is 24.3. The Morgan fingerprint density at radius 1 is 1.71 bits per heavy atom. The Morgan fingerprint density at radius 2 is 2.53 bits per heavy atom. The molecule has 0 bridgehead atoms. The molecule has 0 aliphatic rings. The number of hydrogen-bond acceptors (Lipinski definition) is 6. The Balaban J connectivity index is 2.17. The summed E-state index contributed by atoms with van der Waals surface area (Å²) in [6, 6.07) is 1.76. The maximum Gasteiger partial charge on any atom is 0.263 e. The van der Waals surface area contributed by atoms with Crippen molar-refractivity contribution < 1.29 is 9.90 Å². The molecule has 0 saturated carbocycles. The van der Waals surface area contributed by atoms with Crippen LogP contribution in [0.15, 0.2) is 17.8 Å². The maximum atomic E-state index is 11.8. The number of thiophene rings is 1. The second-order valence-electron chi connectivity index (χ2n) is 3.45. The summed E-state index contributed by atoms with van der Waals surface area (Å²) >= 11 is 1.30. The molecule has 0 aliphatic heterocycles. The van der Waals surface area contributed by atoms with Crippen LogP contribution in [-0.4, -0.2) is 43.9 Å². The smallest absolute Gasteiger partial charge is 0.263 e. The minimum atomic E-state index is -0.574. The fraction of sp³-hybridized carbons (Fsp3) is 0.333. The second-order valence-corrected chi connectivity index (χ2v) is 4.36. The van der Waals surface area contributed by atoms with Crippen LogP contribution in [-0.2, 0) is 0 Å². The molecule has 2 aromatic rings. The fourth-order valence-corrected chi connectivity index (χ4v) is 2.04. The number of aliphatic hydroxyl groups excluding tert-OH is 1. The lowest BCUT2D eigenvalue weighted by Gasteiger charge is -2.06. The Morgan fingerprint density at radius 3 is 3.18 bits per heavy atom. The van der Waals surface area contributed by atoms with Crippen LogP contribution in [0.3, 0.4) is 0 Å². The molecule has 0 aromatic carbocycles. The molecule has 2 rings (SSSR count). The molecule has 0 radical (unpaired) electrons. The highest BCUT2D eigenvalue weighted by atomic mass is 32.1. The summed E-state index contributed by atoms with van der Waals surface area (Å²) < 4.78 is 1.42. The summed E-state index contributed by atoms with van der Waals surface area (Å²) in [6.07, 6.45) is 0.850. The van der Waals surface area contributed by atoms with Crippen molar-refractivity contribution in [3.63, 3.8) is 0 Å². The predicted molar refractivity (Wildman–Crippen MR) is 61.0 cm³/mol. The molecule has 7 nitrogen and oxygen atoms in total. The normalized spacial score (nSPS) is 12.4. The lowest BCUT2D eigenvalue weighted by Crippen LogP contribution is -2.30. The third kappa shape index (κ3) is 2.66. The van der Waals surface area contributed by atoms with Crippen molar-refractivity contribution in [2.75, 3.05) is 6.54 Å². The SMILES string of the molecule is CC(O)CNC(=O)c1sccc1-n1cnnn1. The average molecular weight is 253 g/mol. The Kier molecular flexibility index (Phi) is 3.45. The van der Waals surface area contributed by atoms with Crippen LogP contribution in [0.1, 0.15) is 16.6 Å². The molecule has 1 atom stereocenters. The van der Waals surface area contributed by atoms with Crippen molar-refractivity contribution >= 4 is 17.2 Å². The minimum Gasteiger partial charge on any atom is -0.392 e. The van der Waals surface area contributed by atoms with Gasteiger partial charge in [-0.25, -0.2) is 0 Å². The topological polar surface area (TPSA) is 92.9 Å². The zero-order valence-electron chi connectivity index (χ0n) is 9.07. The number of amides is 1. The van der Waals surface area contributed by atoms with E-state index in [2.05, 4.69) is 20.8 Å². The van der Waals surface area contributed by atoms with Gasteiger partial charge in [-0.1, -0.05) is 0 Å². The molecule has 8 heteroatoms. The van der Waals surface area contributed by atoms with E-state index in [0.717, 1.165) is 0 Å². The van der Waals surface area contributed by atoms with Crippen molar-refractivity contribution in [3.8, 4) is 5.69 Å². The summed E-state index contributed by atoms with van der Waals surface area (Å²) in [5.41, 5.74) is 0.628. The van der Waals surface area contributed by atoms with Gasteiger partial charge in [-0.3, -0.25) is 4.79 Å². The number of rotatable bonds is 4. The van der Waals surface area contributed by atoms with Crippen LogP contribution in [0.4, 0.5) is 0 Å². The van der Waals surface area contributed by atoms with Crippen molar-refractivity contribution in [1.82, 2.24) is 25.5 Å². The standard InChI is InChI=1S/C9H11N5O2S/c1-6(15)4-10-9(16)8-7(2-3-17-8)14-5-11-12-13-14/h2-3,5-6,15H,4H2,1H3,(H,10,16). The van der Waals surface area contributed by atoms with E-state index in [1.807, 2.05) is 0 Å². The lowest BCUT2D eigenvalue weighted by molar-refractivity contribution is 0.0928. The van der Waals surface area contributed by atoms with E-state index in [1.54, 1.807) is 18.4 Å². The van der Waals surface area contributed by atoms with Gasteiger partial charge < -0.3 is 10.4 Å². The van der Waals surface area contributed by atoms with Gasteiger partial charge in [-0.2, -0.15) is 4.68 Å². The molecule has 1 amide bonds. The summed E-state index contributed by atoms with van der Waals surface area (Å²) in [7, 11) is 0. The molecule has 2 aromatic heterocycles. The van der Waals surface area contributed by atoms with Gasteiger partial charge in [-0.05, 0) is 28.8 Å². The van der Waals surface area contributed by atoms with Crippen LogP contribution in [0.25, 0.3) is 5.69 Å². The fourth-order valence-electron chi connectivity index (χ4n) is 1.25. The third-order valence-electron chi connectivity index (χ3n) is 2.00. The largest absolute Gasteiger partial charge is 0.392 e. The highest BCUT2D eigenvalue weighted by Crippen LogP contribution is 2.19. The monoisotopic (exact) mass is 253 g/mol. The minimum absolute atomic E-state index is 0.214. The first kappa shape index (κ1) is 11.7. The number of nitrogens with one attached hydrogen (secondary N) is 1. The van der Waals surface area contributed by atoms with Gasteiger partial charge in [0, 0.05) is 6.54 Å². The van der Waals surface area contributed by atoms with Crippen LogP contribution in [0.5, 0.6) is 0 Å². The lowest BCUT2D eigenvalue weighted by atomic mass is 10.3. The molecule has 0 fully saturated rings. The van der Waals surface area contributed by atoms with Gasteiger partial charge >= 0.3 is 0 Å². The van der Waals surface area contributed by atoms with Crippen molar-refractivity contribution in [2.45, 2.75) is 13.0 Å². The molecule has 17 heavy (non-hydrogen) atoms.